The molecule has 8 nitrogen and oxygen atoms in total. The summed E-state index contributed by atoms with van der Waals surface area (Å²) in [6, 6.07) is 18.4. The number of aliphatic imine (C=N–C) groups is 1. The van der Waals surface area contributed by atoms with Crippen molar-refractivity contribution in [3.63, 3.8) is 0 Å². The molecular weight excluding hydrogens is 498 g/mol. The molecule has 10 heteroatoms. The Hall–Kier alpha value is -3.95. The Kier molecular flexibility index (Phi) is 7.52. The number of halogens is 1. The van der Waals surface area contributed by atoms with Crippen LogP contribution in [0.25, 0.3) is 21.3 Å². The lowest BCUT2D eigenvalue weighted by Crippen LogP contribution is -2.24. The molecule has 2 aromatic carbocycles. The maximum Gasteiger partial charge on any atom is 0.407 e. The zero-order chi connectivity index (χ0) is 25.8. The van der Waals surface area contributed by atoms with Crippen molar-refractivity contribution in [2.45, 2.75) is 6.54 Å². The van der Waals surface area contributed by atoms with Crippen molar-refractivity contribution in [2.75, 3.05) is 26.5 Å². The minimum atomic E-state index is -1.02. The Morgan fingerprint density at radius 1 is 1.08 bits per heavy atom. The Morgan fingerprint density at radius 2 is 1.83 bits per heavy atom. The van der Waals surface area contributed by atoms with Crippen molar-refractivity contribution in [3.05, 3.63) is 76.3 Å². The second kappa shape index (κ2) is 10.8. The van der Waals surface area contributed by atoms with Crippen LogP contribution in [0.5, 0.6) is 0 Å². The fraction of sp³-hybridized carbons (Fsp3) is 0.154. The summed E-state index contributed by atoms with van der Waals surface area (Å²) in [6.45, 7) is 0.189. The summed E-state index contributed by atoms with van der Waals surface area (Å²) in [5.74, 6) is -0.266. The summed E-state index contributed by atoms with van der Waals surface area (Å²) in [4.78, 5) is 37.7. The quantitative estimate of drug-likeness (QED) is 0.223. The first-order chi connectivity index (χ1) is 17.2. The SMILES string of the molecule is CN(C)C=Nc1cc(-c2ccc(Cl)cc2)sc1C(=O)Nc1ccc2nc(CN(C)C(=O)O)ccc2c1. The first-order valence-electron chi connectivity index (χ1n) is 10.9. The van der Waals surface area contributed by atoms with Crippen molar-refractivity contribution < 1.29 is 14.7 Å². The minimum absolute atomic E-state index is 0.189. The van der Waals surface area contributed by atoms with E-state index in [1.165, 1.54) is 23.3 Å². The topological polar surface area (TPSA) is 98.1 Å². The van der Waals surface area contributed by atoms with Crippen molar-refractivity contribution >= 4 is 63.6 Å². The van der Waals surface area contributed by atoms with Crippen molar-refractivity contribution in [1.82, 2.24) is 14.8 Å². The molecule has 0 fully saturated rings. The van der Waals surface area contributed by atoms with Crippen LogP contribution in [-0.4, -0.2) is 59.4 Å². The third kappa shape index (κ3) is 5.99. The maximum atomic E-state index is 13.3. The van der Waals surface area contributed by atoms with Crippen molar-refractivity contribution in [1.29, 1.82) is 0 Å². The number of anilines is 1. The van der Waals surface area contributed by atoms with Crippen LogP contribution in [0.1, 0.15) is 15.4 Å². The van der Waals surface area contributed by atoms with Crippen LogP contribution in [0.4, 0.5) is 16.2 Å². The highest BCUT2D eigenvalue weighted by Gasteiger charge is 2.18. The highest BCUT2D eigenvalue weighted by atomic mass is 35.5. The van der Waals surface area contributed by atoms with Crippen LogP contribution in [0.2, 0.25) is 5.02 Å². The first-order valence-corrected chi connectivity index (χ1v) is 12.1. The van der Waals surface area contributed by atoms with Crippen molar-refractivity contribution in [3.8, 4) is 10.4 Å². The fourth-order valence-electron chi connectivity index (χ4n) is 3.41. The molecule has 0 saturated heterocycles. The summed E-state index contributed by atoms with van der Waals surface area (Å²) in [5.41, 5.74) is 3.49. The number of nitrogens with one attached hydrogen (secondary N) is 1. The first kappa shape index (κ1) is 25.2. The molecule has 0 aliphatic carbocycles. The van der Waals surface area contributed by atoms with Gasteiger partial charge in [-0.05, 0) is 48.0 Å². The number of nitrogens with zero attached hydrogens (tertiary/aromatic N) is 4. The third-order valence-corrected chi connectivity index (χ3v) is 6.63. The van der Waals surface area contributed by atoms with Gasteiger partial charge in [-0.15, -0.1) is 11.3 Å². The Balaban J connectivity index is 1.59. The van der Waals surface area contributed by atoms with Crippen LogP contribution < -0.4 is 5.32 Å². The molecule has 2 heterocycles. The Bertz CT molecular complexity index is 1450. The van der Waals surface area contributed by atoms with Crippen LogP contribution in [0.15, 0.2) is 65.7 Å². The van der Waals surface area contributed by atoms with Crippen molar-refractivity contribution in [2.24, 2.45) is 4.99 Å². The highest BCUT2D eigenvalue weighted by Crippen LogP contribution is 2.37. The molecule has 2 aromatic heterocycles. The van der Waals surface area contributed by atoms with Gasteiger partial charge in [-0.3, -0.25) is 9.78 Å². The number of benzene rings is 2. The van der Waals surface area contributed by atoms with E-state index in [0.717, 1.165) is 15.8 Å². The highest BCUT2D eigenvalue weighted by molar-refractivity contribution is 7.18. The molecule has 0 unspecified atom stereocenters. The molecule has 0 aliphatic heterocycles. The van der Waals surface area contributed by atoms with Gasteiger partial charge in [-0.1, -0.05) is 29.8 Å². The van der Waals surface area contributed by atoms with Gasteiger partial charge in [-0.2, -0.15) is 0 Å². The molecule has 4 aromatic rings. The average molecular weight is 522 g/mol. The van der Waals surface area contributed by atoms with Gasteiger partial charge < -0.3 is 20.2 Å². The molecule has 2 amide bonds. The van der Waals surface area contributed by atoms with Gasteiger partial charge >= 0.3 is 6.09 Å². The normalized spacial score (nSPS) is 11.1. The molecule has 4 rings (SSSR count). The number of pyridine rings is 1. The summed E-state index contributed by atoms with van der Waals surface area (Å²) in [6.07, 6.45) is 0.642. The van der Waals surface area contributed by atoms with Gasteiger partial charge in [-0.25, -0.2) is 9.79 Å². The minimum Gasteiger partial charge on any atom is -0.465 e. The van der Waals surface area contributed by atoms with E-state index in [0.29, 0.717) is 32.5 Å². The molecule has 0 radical (unpaired) electrons. The monoisotopic (exact) mass is 521 g/mol. The number of thiophene rings is 1. The molecule has 0 aliphatic rings. The zero-order valence-corrected chi connectivity index (χ0v) is 21.5. The molecule has 184 valence electrons. The molecule has 2 N–H and O–H groups in total. The van der Waals surface area contributed by atoms with E-state index < -0.39 is 6.09 Å². The number of carbonyl (C=O) groups is 2. The van der Waals surface area contributed by atoms with Gasteiger partial charge in [0.1, 0.15) is 4.88 Å². The smallest absolute Gasteiger partial charge is 0.407 e. The number of hydrogen-bond acceptors (Lipinski definition) is 5. The van der Waals surface area contributed by atoms with E-state index in [4.69, 9.17) is 16.7 Å². The lowest BCUT2D eigenvalue weighted by Gasteiger charge is -2.12. The standard InChI is InChI=1S/C26H24ClN5O3S/c1-31(2)15-28-22-13-23(16-4-7-18(27)8-5-16)36-24(22)25(33)30-19-10-11-21-17(12-19)6-9-20(29-21)14-32(3)26(34)35/h4-13,15H,14H2,1-3H3,(H,30,33)(H,34,35). The predicted molar refractivity (Wildman–Crippen MR) is 146 cm³/mol. The van der Waals surface area contributed by atoms with E-state index in [2.05, 4.69) is 15.3 Å². The van der Waals surface area contributed by atoms with Gasteiger partial charge in [0.2, 0.25) is 0 Å². The predicted octanol–water partition coefficient (Wildman–Crippen LogP) is 6.20. The average Bonchev–Trinajstić information content (AvgIpc) is 3.27. The molecule has 36 heavy (non-hydrogen) atoms. The van der Waals surface area contributed by atoms with E-state index >= 15 is 0 Å². The molecule has 0 spiro atoms. The van der Waals surface area contributed by atoms with Gasteiger partial charge in [0.25, 0.3) is 5.91 Å². The number of carbonyl (C=O) groups excluding carboxylic acids is 1. The van der Waals surface area contributed by atoms with Gasteiger partial charge in [0.05, 0.1) is 29.8 Å². The van der Waals surface area contributed by atoms with E-state index in [-0.39, 0.29) is 12.5 Å². The number of rotatable bonds is 7. The van der Waals surface area contributed by atoms with Crippen LogP contribution in [0.3, 0.4) is 0 Å². The molecule has 0 bridgehead atoms. The van der Waals surface area contributed by atoms with Crippen LogP contribution in [0, 0.1) is 0 Å². The second-order valence-corrected chi connectivity index (χ2v) is 9.83. The number of aromatic nitrogens is 1. The largest absolute Gasteiger partial charge is 0.465 e. The van der Waals surface area contributed by atoms with Crippen LogP contribution in [-0.2, 0) is 6.54 Å². The van der Waals surface area contributed by atoms with Gasteiger partial charge in [0.15, 0.2) is 0 Å². The molecular formula is C26H24ClN5O3S. The summed E-state index contributed by atoms with van der Waals surface area (Å²) in [5, 5.41) is 13.5. The fourth-order valence-corrected chi connectivity index (χ4v) is 4.54. The maximum absolute atomic E-state index is 13.3. The van der Waals surface area contributed by atoms with E-state index in [1.54, 1.807) is 29.4 Å². The lowest BCUT2D eigenvalue weighted by molar-refractivity contribution is 0.103. The second-order valence-electron chi connectivity index (χ2n) is 8.34. The number of hydrogen-bond donors (Lipinski definition) is 2. The van der Waals surface area contributed by atoms with E-state index in [9.17, 15) is 9.59 Å². The molecule has 0 atom stereocenters. The number of fused-ring (bicyclic) bond motifs is 1. The molecule has 0 saturated carbocycles. The summed E-state index contributed by atoms with van der Waals surface area (Å²) >= 11 is 7.38. The van der Waals surface area contributed by atoms with Gasteiger partial charge in [0, 0.05) is 42.1 Å². The summed E-state index contributed by atoms with van der Waals surface area (Å²) in [7, 11) is 5.22. The Labute approximate surface area is 217 Å². The zero-order valence-electron chi connectivity index (χ0n) is 19.9. The van der Waals surface area contributed by atoms with Crippen LogP contribution >= 0.6 is 22.9 Å². The Morgan fingerprint density at radius 3 is 2.53 bits per heavy atom. The third-order valence-electron chi connectivity index (χ3n) is 5.21. The van der Waals surface area contributed by atoms with E-state index in [1.807, 2.05) is 56.6 Å². The lowest BCUT2D eigenvalue weighted by atomic mass is 10.1. The number of carboxylic acid groups (broad SMARTS) is 1. The summed E-state index contributed by atoms with van der Waals surface area (Å²) < 4.78 is 0. The number of amides is 2.